The molecule has 0 aliphatic heterocycles. The van der Waals surface area contributed by atoms with Crippen molar-refractivity contribution in [3.8, 4) is 0 Å². The molecule has 1 heterocycles. The SMILES string of the molecule is COCCNC(=O)c1ccc(C[NH+](Cc2ccc(F)cc2)C(C)(C)C)o1. The van der Waals surface area contributed by atoms with Gasteiger partial charge in [-0.2, -0.15) is 0 Å². The number of nitrogens with one attached hydrogen (secondary N) is 2. The normalized spacial score (nSPS) is 12.8. The first-order valence-corrected chi connectivity index (χ1v) is 8.75. The standard InChI is InChI=1S/C20H27FN2O3/c1-20(2,3)23(13-15-5-7-16(21)8-6-15)14-17-9-10-18(26-17)19(24)22-11-12-25-4/h5-10H,11-14H2,1-4H3,(H,22,24)/p+1. The number of halogens is 1. The van der Waals surface area contributed by atoms with Gasteiger partial charge in [-0.15, -0.1) is 0 Å². The topological polar surface area (TPSA) is 55.9 Å². The van der Waals surface area contributed by atoms with Gasteiger partial charge in [-0.3, -0.25) is 4.79 Å². The van der Waals surface area contributed by atoms with E-state index >= 15 is 0 Å². The minimum Gasteiger partial charge on any atom is -0.450 e. The summed E-state index contributed by atoms with van der Waals surface area (Å²) >= 11 is 0. The highest BCUT2D eigenvalue weighted by Crippen LogP contribution is 2.09. The van der Waals surface area contributed by atoms with Crippen LogP contribution in [0.4, 0.5) is 4.39 Å². The molecular formula is C20H28FN2O3+. The monoisotopic (exact) mass is 363 g/mol. The van der Waals surface area contributed by atoms with Gasteiger partial charge in [0.05, 0.1) is 12.1 Å². The van der Waals surface area contributed by atoms with Gasteiger partial charge in [0.1, 0.15) is 18.9 Å². The molecule has 0 saturated carbocycles. The molecule has 0 aliphatic rings. The van der Waals surface area contributed by atoms with Gasteiger partial charge in [-0.25, -0.2) is 4.39 Å². The number of benzene rings is 1. The zero-order valence-corrected chi connectivity index (χ0v) is 15.9. The van der Waals surface area contributed by atoms with Gasteiger partial charge in [0, 0.05) is 19.2 Å². The molecule has 5 nitrogen and oxygen atoms in total. The molecule has 0 spiro atoms. The van der Waals surface area contributed by atoms with Crippen LogP contribution in [-0.4, -0.2) is 31.7 Å². The number of methoxy groups -OCH3 is 1. The van der Waals surface area contributed by atoms with Gasteiger partial charge >= 0.3 is 0 Å². The zero-order valence-electron chi connectivity index (χ0n) is 15.9. The van der Waals surface area contributed by atoms with Crippen LogP contribution in [0.25, 0.3) is 0 Å². The summed E-state index contributed by atoms with van der Waals surface area (Å²) in [5.41, 5.74) is 1.02. The highest BCUT2D eigenvalue weighted by Gasteiger charge is 2.27. The molecule has 0 saturated heterocycles. The predicted octanol–water partition coefficient (Wildman–Crippen LogP) is 2.18. The molecular weight excluding hydrogens is 335 g/mol. The lowest BCUT2D eigenvalue weighted by atomic mass is 10.0. The number of amides is 1. The fourth-order valence-electron chi connectivity index (χ4n) is 2.60. The van der Waals surface area contributed by atoms with E-state index < -0.39 is 0 Å². The van der Waals surface area contributed by atoms with Gasteiger partial charge in [0.15, 0.2) is 11.5 Å². The Morgan fingerprint density at radius 3 is 2.46 bits per heavy atom. The minimum atomic E-state index is -0.246. The molecule has 6 heteroatoms. The van der Waals surface area contributed by atoms with Gasteiger partial charge in [0.2, 0.25) is 0 Å². The Morgan fingerprint density at radius 2 is 1.85 bits per heavy atom. The average Bonchev–Trinajstić information content (AvgIpc) is 3.04. The molecule has 0 bridgehead atoms. The van der Waals surface area contributed by atoms with E-state index in [9.17, 15) is 9.18 Å². The van der Waals surface area contributed by atoms with Crippen molar-refractivity contribution in [3.05, 3.63) is 59.3 Å². The van der Waals surface area contributed by atoms with Gasteiger partial charge < -0.3 is 19.4 Å². The fraction of sp³-hybridized carbons (Fsp3) is 0.450. The van der Waals surface area contributed by atoms with E-state index in [1.54, 1.807) is 25.3 Å². The van der Waals surface area contributed by atoms with Crippen molar-refractivity contribution in [1.29, 1.82) is 0 Å². The first-order chi connectivity index (χ1) is 12.3. The molecule has 26 heavy (non-hydrogen) atoms. The Labute approximate surface area is 154 Å². The number of ether oxygens (including phenoxy) is 1. The van der Waals surface area contributed by atoms with Crippen LogP contribution >= 0.6 is 0 Å². The van der Waals surface area contributed by atoms with Crippen LogP contribution in [0.5, 0.6) is 0 Å². The molecule has 1 unspecified atom stereocenters. The van der Waals surface area contributed by atoms with Crippen LogP contribution < -0.4 is 10.2 Å². The third-order valence-electron chi connectivity index (χ3n) is 4.26. The first-order valence-electron chi connectivity index (χ1n) is 8.75. The predicted molar refractivity (Wildman–Crippen MR) is 97.4 cm³/mol. The van der Waals surface area contributed by atoms with Crippen molar-refractivity contribution >= 4 is 5.91 Å². The van der Waals surface area contributed by atoms with Gasteiger partial charge in [0.25, 0.3) is 5.91 Å². The Kier molecular flexibility index (Phi) is 6.94. The number of furan rings is 1. The zero-order chi connectivity index (χ0) is 19.2. The van der Waals surface area contributed by atoms with Crippen LogP contribution in [0.3, 0.4) is 0 Å². The second-order valence-corrected chi connectivity index (χ2v) is 7.35. The molecule has 2 N–H and O–H groups in total. The van der Waals surface area contributed by atoms with Crippen LogP contribution in [0.15, 0.2) is 40.8 Å². The Hall–Kier alpha value is -2.18. The quantitative estimate of drug-likeness (QED) is 0.707. The highest BCUT2D eigenvalue weighted by atomic mass is 19.1. The summed E-state index contributed by atoms with van der Waals surface area (Å²) in [6, 6.07) is 10.1. The third kappa shape index (κ3) is 5.97. The summed E-state index contributed by atoms with van der Waals surface area (Å²) in [6.07, 6.45) is 0. The summed E-state index contributed by atoms with van der Waals surface area (Å²) in [5, 5.41) is 2.74. The van der Waals surface area contributed by atoms with Gasteiger partial charge in [-0.05, 0) is 45.0 Å². The van der Waals surface area contributed by atoms with Crippen molar-refractivity contribution in [3.63, 3.8) is 0 Å². The highest BCUT2D eigenvalue weighted by molar-refractivity contribution is 5.91. The summed E-state index contributed by atoms with van der Waals surface area (Å²) in [4.78, 5) is 13.3. The van der Waals surface area contributed by atoms with Crippen molar-refractivity contribution in [2.24, 2.45) is 0 Å². The Bertz CT molecular complexity index is 705. The second-order valence-electron chi connectivity index (χ2n) is 7.35. The molecule has 1 aromatic heterocycles. The van der Waals surface area contributed by atoms with Crippen LogP contribution in [-0.2, 0) is 17.8 Å². The largest absolute Gasteiger partial charge is 0.450 e. The molecule has 1 aromatic carbocycles. The summed E-state index contributed by atoms with van der Waals surface area (Å²) < 4.78 is 23.8. The lowest BCUT2D eigenvalue weighted by Crippen LogP contribution is -3.16. The van der Waals surface area contributed by atoms with E-state index in [1.165, 1.54) is 17.0 Å². The van der Waals surface area contributed by atoms with E-state index in [0.29, 0.717) is 25.5 Å². The van der Waals surface area contributed by atoms with Crippen LogP contribution in [0.1, 0.15) is 42.6 Å². The average molecular weight is 363 g/mol. The summed E-state index contributed by atoms with van der Waals surface area (Å²) in [7, 11) is 1.59. The van der Waals surface area contributed by atoms with Crippen molar-refractivity contribution in [1.82, 2.24) is 5.32 Å². The number of rotatable bonds is 8. The van der Waals surface area contributed by atoms with Crippen molar-refractivity contribution in [2.45, 2.75) is 39.4 Å². The molecule has 0 aliphatic carbocycles. The van der Waals surface area contributed by atoms with Crippen LogP contribution in [0.2, 0.25) is 0 Å². The van der Waals surface area contributed by atoms with Crippen molar-refractivity contribution < 1.29 is 23.2 Å². The molecule has 1 amide bonds. The molecule has 1 atom stereocenters. The fourth-order valence-corrected chi connectivity index (χ4v) is 2.60. The van der Waals surface area contributed by atoms with E-state index in [2.05, 4.69) is 26.1 Å². The van der Waals surface area contributed by atoms with E-state index in [-0.39, 0.29) is 17.3 Å². The summed E-state index contributed by atoms with van der Waals surface area (Å²) in [6.45, 7) is 8.70. The number of hydrogen-bond acceptors (Lipinski definition) is 3. The van der Waals surface area contributed by atoms with E-state index in [4.69, 9.17) is 9.15 Å². The number of carbonyl (C=O) groups excluding carboxylic acids is 1. The lowest BCUT2D eigenvalue weighted by molar-refractivity contribution is -0.973. The van der Waals surface area contributed by atoms with Gasteiger partial charge in [-0.1, -0.05) is 12.1 Å². The van der Waals surface area contributed by atoms with E-state index in [0.717, 1.165) is 17.9 Å². The third-order valence-corrected chi connectivity index (χ3v) is 4.26. The van der Waals surface area contributed by atoms with E-state index in [1.807, 2.05) is 6.07 Å². The number of quaternary nitrogens is 1. The number of hydrogen-bond donors (Lipinski definition) is 2. The molecule has 142 valence electrons. The molecule has 0 radical (unpaired) electrons. The Morgan fingerprint density at radius 1 is 1.15 bits per heavy atom. The number of carbonyl (C=O) groups is 1. The molecule has 2 rings (SSSR count). The molecule has 2 aromatic rings. The minimum absolute atomic E-state index is 0.0396. The smallest absolute Gasteiger partial charge is 0.287 e. The molecule has 0 fully saturated rings. The maximum Gasteiger partial charge on any atom is 0.287 e. The summed E-state index contributed by atoms with van der Waals surface area (Å²) in [5.74, 6) is 0.561. The maximum absolute atomic E-state index is 13.1. The Balaban J connectivity index is 2.04. The van der Waals surface area contributed by atoms with Crippen LogP contribution in [0, 0.1) is 5.82 Å². The lowest BCUT2D eigenvalue weighted by Gasteiger charge is -2.31. The van der Waals surface area contributed by atoms with Crippen molar-refractivity contribution in [2.75, 3.05) is 20.3 Å². The second kappa shape index (κ2) is 8.96. The maximum atomic E-state index is 13.1. The first kappa shape index (κ1) is 20.1.